The molecule has 2 fully saturated rings. The summed E-state index contributed by atoms with van der Waals surface area (Å²) in [5, 5.41) is 3.02. The lowest BCUT2D eigenvalue weighted by Gasteiger charge is -2.43. The Bertz CT molecular complexity index is 1020. The fourth-order valence-corrected chi connectivity index (χ4v) is 4.94. The van der Waals surface area contributed by atoms with Gasteiger partial charge in [-0.3, -0.25) is 4.79 Å². The van der Waals surface area contributed by atoms with Crippen molar-refractivity contribution in [3.63, 3.8) is 0 Å². The maximum Gasteiger partial charge on any atom is 0.416 e. The third kappa shape index (κ3) is 6.14. The van der Waals surface area contributed by atoms with Crippen molar-refractivity contribution in [2.75, 3.05) is 26.2 Å². The second-order valence-electron chi connectivity index (χ2n) is 9.44. The average Bonchev–Trinajstić information content (AvgIpc) is 2.83. The molecule has 1 N–H and O–H groups in total. The van der Waals surface area contributed by atoms with Gasteiger partial charge in [0.1, 0.15) is 0 Å². The summed E-state index contributed by atoms with van der Waals surface area (Å²) in [6.07, 6.45) is -4.08. The Hall–Kier alpha value is -3.07. The first-order valence-corrected chi connectivity index (χ1v) is 11.8. The van der Waals surface area contributed by atoms with E-state index in [4.69, 9.17) is 4.74 Å². The van der Waals surface area contributed by atoms with Crippen LogP contribution in [0.3, 0.4) is 0 Å². The van der Waals surface area contributed by atoms with Crippen LogP contribution in [-0.2, 0) is 10.9 Å². The minimum absolute atomic E-state index is 0.0909. The molecule has 4 unspecified atom stereocenters. The average molecular weight is 490 g/mol. The number of benzene rings is 2. The van der Waals surface area contributed by atoms with E-state index < -0.39 is 11.7 Å². The van der Waals surface area contributed by atoms with Gasteiger partial charge < -0.3 is 19.9 Å². The van der Waals surface area contributed by atoms with Crippen LogP contribution >= 0.6 is 0 Å². The molecule has 4 rings (SSSR count). The molecule has 2 aromatic carbocycles. The molecule has 3 amide bonds. The quantitative estimate of drug-likeness (QED) is 0.690. The molecule has 0 aliphatic carbocycles. The molecule has 35 heavy (non-hydrogen) atoms. The number of carbonyl (C=O) groups is 2. The van der Waals surface area contributed by atoms with Crippen molar-refractivity contribution in [1.29, 1.82) is 0 Å². The van der Waals surface area contributed by atoms with E-state index >= 15 is 0 Å². The summed E-state index contributed by atoms with van der Waals surface area (Å²) in [4.78, 5) is 29.7. The number of nitrogens with zero attached hydrogens (tertiary/aromatic N) is 2. The number of ether oxygens (including phenoxy) is 1. The van der Waals surface area contributed by atoms with Crippen molar-refractivity contribution >= 4 is 11.9 Å². The number of likely N-dealkylation sites (tertiary alicyclic amines) is 1. The summed E-state index contributed by atoms with van der Waals surface area (Å²) in [6.45, 7) is 5.45. The van der Waals surface area contributed by atoms with Crippen molar-refractivity contribution < 1.29 is 27.5 Å². The lowest BCUT2D eigenvalue weighted by atomic mass is 9.87. The van der Waals surface area contributed by atoms with Gasteiger partial charge in [-0.25, -0.2) is 4.79 Å². The Morgan fingerprint density at radius 2 is 1.49 bits per heavy atom. The van der Waals surface area contributed by atoms with Crippen LogP contribution < -0.4 is 5.32 Å². The number of morpholine rings is 1. The summed E-state index contributed by atoms with van der Waals surface area (Å²) in [5.74, 6) is -0.461. The number of amides is 3. The summed E-state index contributed by atoms with van der Waals surface area (Å²) in [6, 6.07) is 13.4. The highest BCUT2D eigenvalue weighted by Gasteiger charge is 2.36. The van der Waals surface area contributed by atoms with Gasteiger partial charge in [-0.2, -0.15) is 13.2 Å². The molecule has 2 aliphatic heterocycles. The van der Waals surface area contributed by atoms with E-state index in [0.29, 0.717) is 43.7 Å². The van der Waals surface area contributed by atoms with Gasteiger partial charge in [0.15, 0.2) is 0 Å². The van der Waals surface area contributed by atoms with Crippen LogP contribution in [0, 0.1) is 0 Å². The molecule has 9 heteroatoms. The van der Waals surface area contributed by atoms with Crippen LogP contribution in [0.2, 0.25) is 0 Å². The fraction of sp³-hybridized carbons (Fsp3) is 0.462. The Balaban J connectivity index is 1.55. The van der Waals surface area contributed by atoms with E-state index in [1.807, 2.05) is 19.9 Å². The van der Waals surface area contributed by atoms with Crippen molar-refractivity contribution in [1.82, 2.24) is 15.1 Å². The SMILES string of the molecule is CC1CN(C(=O)N2CC(NC(=O)c3ccccc3)CC(c3ccc(C(F)(F)F)cc3)C2)CC(C)O1. The Kier molecular flexibility index (Phi) is 7.35. The van der Waals surface area contributed by atoms with Gasteiger partial charge >= 0.3 is 12.2 Å². The van der Waals surface area contributed by atoms with Gasteiger partial charge in [0.2, 0.25) is 0 Å². The normalized spacial score (nSPS) is 25.3. The van der Waals surface area contributed by atoms with Crippen molar-refractivity contribution in [2.24, 2.45) is 0 Å². The molecule has 0 bridgehead atoms. The fourth-order valence-electron chi connectivity index (χ4n) is 4.94. The van der Waals surface area contributed by atoms with Gasteiger partial charge in [-0.15, -0.1) is 0 Å². The number of halogens is 3. The van der Waals surface area contributed by atoms with Crippen LogP contribution in [0.5, 0.6) is 0 Å². The smallest absolute Gasteiger partial charge is 0.372 e. The van der Waals surface area contributed by atoms with Gasteiger partial charge in [-0.1, -0.05) is 30.3 Å². The Labute approximate surface area is 203 Å². The Morgan fingerprint density at radius 1 is 0.886 bits per heavy atom. The van der Waals surface area contributed by atoms with Crippen LogP contribution in [0.4, 0.5) is 18.0 Å². The zero-order valence-electron chi connectivity index (χ0n) is 19.8. The molecule has 6 nitrogen and oxygen atoms in total. The molecule has 0 saturated carbocycles. The zero-order valence-corrected chi connectivity index (χ0v) is 19.8. The number of hydrogen-bond donors (Lipinski definition) is 1. The molecule has 2 saturated heterocycles. The molecule has 0 aromatic heterocycles. The molecular formula is C26H30F3N3O3. The van der Waals surface area contributed by atoms with Gasteiger partial charge in [0, 0.05) is 43.7 Å². The maximum atomic E-state index is 13.4. The first-order valence-electron chi connectivity index (χ1n) is 11.8. The summed E-state index contributed by atoms with van der Waals surface area (Å²) < 4.78 is 44.9. The van der Waals surface area contributed by atoms with Crippen molar-refractivity contribution in [3.8, 4) is 0 Å². The number of alkyl halides is 3. The number of nitrogens with one attached hydrogen (secondary N) is 1. The standard InChI is InChI=1S/C26H30F3N3O3/c1-17-13-31(14-18(2)35-17)25(34)32-15-21(19-8-10-22(11-9-19)26(27,28)29)12-23(16-32)30-24(33)20-6-4-3-5-7-20/h3-11,17-18,21,23H,12-16H2,1-2H3,(H,30,33). The predicted octanol–water partition coefficient (Wildman–Crippen LogP) is 4.52. The molecule has 188 valence electrons. The van der Waals surface area contributed by atoms with E-state index in [1.165, 1.54) is 12.1 Å². The number of piperidine rings is 1. The van der Waals surface area contributed by atoms with E-state index in [-0.39, 0.29) is 36.1 Å². The maximum absolute atomic E-state index is 13.4. The van der Waals surface area contributed by atoms with E-state index in [1.54, 1.807) is 34.1 Å². The number of hydrogen-bond acceptors (Lipinski definition) is 3. The number of urea groups is 1. The molecule has 0 radical (unpaired) electrons. The lowest BCUT2D eigenvalue weighted by molar-refractivity contribution is -0.137. The number of carbonyl (C=O) groups excluding carboxylic acids is 2. The molecule has 0 spiro atoms. The largest absolute Gasteiger partial charge is 0.416 e. The van der Waals surface area contributed by atoms with E-state index in [9.17, 15) is 22.8 Å². The summed E-state index contributed by atoms with van der Waals surface area (Å²) in [7, 11) is 0. The zero-order chi connectivity index (χ0) is 25.2. The highest BCUT2D eigenvalue weighted by molar-refractivity contribution is 5.94. The van der Waals surface area contributed by atoms with Crippen molar-refractivity contribution in [3.05, 3.63) is 71.3 Å². The molecule has 2 heterocycles. The van der Waals surface area contributed by atoms with E-state index in [2.05, 4.69) is 5.32 Å². The third-order valence-corrected chi connectivity index (χ3v) is 6.49. The first-order chi connectivity index (χ1) is 16.6. The topological polar surface area (TPSA) is 61.9 Å². The molecular weight excluding hydrogens is 459 g/mol. The lowest BCUT2D eigenvalue weighted by Crippen LogP contribution is -2.58. The van der Waals surface area contributed by atoms with Crippen molar-refractivity contribution in [2.45, 2.75) is 50.6 Å². The van der Waals surface area contributed by atoms with E-state index in [0.717, 1.165) is 12.1 Å². The summed E-state index contributed by atoms with van der Waals surface area (Å²) in [5.41, 5.74) is 0.506. The first kappa shape index (κ1) is 25.0. The second-order valence-corrected chi connectivity index (χ2v) is 9.44. The van der Waals surface area contributed by atoms with Crippen LogP contribution in [0.1, 0.15) is 47.7 Å². The molecule has 2 aliphatic rings. The highest BCUT2D eigenvalue weighted by Crippen LogP contribution is 2.33. The van der Waals surface area contributed by atoms with Gasteiger partial charge in [-0.05, 0) is 50.1 Å². The second kappa shape index (κ2) is 10.3. The van der Waals surface area contributed by atoms with Gasteiger partial charge in [0.25, 0.3) is 5.91 Å². The highest BCUT2D eigenvalue weighted by atomic mass is 19.4. The number of rotatable bonds is 3. The van der Waals surface area contributed by atoms with Crippen LogP contribution in [0.15, 0.2) is 54.6 Å². The monoisotopic (exact) mass is 489 g/mol. The minimum Gasteiger partial charge on any atom is -0.372 e. The summed E-state index contributed by atoms with van der Waals surface area (Å²) >= 11 is 0. The van der Waals surface area contributed by atoms with Gasteiger partial charge in [0.05, 0.1) is 17.8 Å². The molecule has 4 atom stereocenters. The Morgan fingerprint density at radius 3 is 2.09 bits per heavy atom. The third-order valence-electron chi connectivity index (χ3n) is 6.49. The predicted molar refractivity (Wildman–Crippen MR) is 125 cm³/mol. The van der Waals surface area contributed by atoms with Crippen LogP contribution in [0.25, 0.3) is 0 Å². The van der Waals surface area contributed by atoms with Crippen LogP contribution in [-0.4, -0.2) is 66.2 Å². The molecule has 2 aromatic rings. The minimum atomic E-state index is -4.41.